The van der Waals surface area contributed by atoms with Crippen LogP contribution in [0.1, 0.15) is 43.5 Å². The van der Waals surface area contributed by atoms with Crippen LogP contribution in [-0.4, -0.2) is 59.0 Å². The number of pyridine rings is 1. The number of piperidine rings is 1. The minimum Gasteiger partial charge on any atom is -0.389 e. The van der Waals surface area contributed by atoms with Crippen LogP contribution in [-0.2, 0) is 4.79 Å². The minimum atomic E-state index is -0.281. The van der Waals surface area contributed by atoms with Crippen molar-refractivity contribution in [3.8, 4) is 0 Å². The smallest absolute Gasteiger partial charge is 0.255 e. The third kappa shape index (κ3) is 4.18. The SMILES string of the molecule is CC(C)CC(=O)C1CCCN(C(=O)c2ccc(N3CC(O)C3)nc2)C1. The van der Waals surface area contributed by atoms with Gasteiger partial charge in [0.2, 0.25) is 0 Å². The Balaban J connectivity index is 1.61. The summed E-state index contributed by atoms with van der Waals surface area (Å²) in [6.07, 6.45) is 3.66. The number of ketones is 1. The lowest BCUT2D eigenvalue weighted by molar-refractivity contribution is -0.124. The van der Waals surface area contributed by atoms with E-state index in [1.165, 1.54) is 0 Å². The molecule has 6 heteroatoms. The molecule has 0 saturated carbocycles. The van der Waals surface area contributed by atoms with Gasteiger partial charge in [0.25, 0.3) is 5.91 Å². The molecule has 25 heavy (non-hydrogen) atoms. The zero-order chi connectivity index (χ0) is 18.0. The first-order valence-electron chi connectivity index (χ1n) is 9.15. The van der Waals surface area contributed by atoms with E-state index in [4.69, 9.17) is 0 Å². The molecule has 0 radical (unpaired) electrons. The van der Waals surface area contributed by atoms with E-state index < -0.39 is 0 Å². The largest absolute Gasteiger partial charge is 0.389 e. The van der Waals surface area contributed by atoms with Gasteiger partial charge in [0.05, 0.1) is 11.7 Å². The number of amides is 1. The predicted molar refractivity (Wildman–Crippen MR) is 95.5 cm³/mol. The lowest BCUT2D eigenvalue weighted by atomic mass is 9.89. The molecule has 0 aliphatic carbocycles. The molecule has 1 aromatic rings. The average molecular weight is 345 g/mol. The van der Waals surface area contributed by atoms with E-state index in [-0.39, 0.29) is 23.7 Å². The summed E-state index contributed by atoms with van der Waals surface area (Å²) >= 11 is 0. The third-order valence-electron chi connectivity index (χ3n) is 4.95. The summed E-state index contributed by atoms with van der Waals surface area (Å²) in [6.45, 7) is 6.49. The highest BCUT2D eigenvalue weighted by Crippen LogP contribution is 2.23. The molecule has 2 saturated heterocycles. The van der Waals surface area contributed by atoms with Gasteiger partial charge >= 0.3 is 0 Å². The third-order valence-corrected chi connectivity index (χ3v) is 4.95. The van der Waals surface area contributed by atoms with Gasteiger partial charge in [0, 0.05) is 44.7 Å². The maximum atomic E-state index is 12.7. The normalized spacial score (nSPS) is 21.4. The van der Waals surface area contributed by atoms with Crippen molar-refractivity contribution >= 4 is 17.5 Å². The average Bonchev–Trinajstić information content (AvgIpc) is 2.58. The predicted octanol–water partition coefficient (Wildman–Crippen LogP) is 1.73. The Morgan fingerprint density at radius 2 is 2.04 bits per heavy atom. The van der Waals surface area contributed by atoms with Gasteiger partial charge in [0.1, 0.15) is 11.6 Å². The second-order valence-electron chi connectivity index (χ2n) is 7.62. The number of hydrogen-bond acceptors (Lipinski definition) is 5. The molecule has 3 rings (SSSR count). The number of Topliss-reactive ketones (excluding diaryl/α,β-unsaturated/α-hetero) is 1. The van der Waals surface area contributed by atoms with E-state index in [9.17, 15) is 14.7 Å². The zero-order valence-corrected chi connectivity index (χ0v) is 15.0. The number of aliphatic hydroxyl groups excluding tert-OH is 1. The molecular formula is C19H27N3O3. The monoisotopic (exact) mass is 345 g/mol. The molecule has 1 amide bonds. The van der Waals surface area contributed by atoms with Gasteiger partial charge in [-0.15, -0.1) is 0 Å². The summed E-state index contributed by atoms with van der Waals surface area (Å²) in [4.78, 5) is 33.2. The molecule has 6 nitrogen and oxygen atoms in total. The Kier molecular flexibility index (Phi) is 5.37. The molecule has 0 spiro atoms. The Morgan fingerprint density at radius 1 is 1.28 bits per heavy atom. The summed E-state index contributed by atoms with van der Waals surface area (Å²) in [5.74, 6) is 1.33. The van der Waals surface area contributed by atoms with E-state index >= 15 is 0 Å². The Morgan fingerprint density at radius 3 is 2.64 bits per heavy atom. The summed E-state index contributed by atoms with van der Waals surface area (Å²) in [6, 6.07) is 3.61. The first-order valence-corrected chi connectivity index (χ1v) is 9.15. The standard InChI is InChI=1S/C19H27N3O3/c1-13(2)8-17(24)15-4-3-7-21(10-15)19(25)14-5-6-18(20-9-14)22-11-16(23)12-22/h5-6,9,13,15-16,23H,3-4,7-8,10-12H2,1-2H3. The Hall–Kier alpha value is -1.95. The summed E-state index contributed by atoms with van der Waals surface area (Å²) in [5, 5.41) is 9.36. The van der Waals surface area contributed by atoms with Crippen LogP contribution in [0, 0.1) is 11.8 Å². The lowest BCUT2D eigenvalue weighted by Gasteiger charge is -2.37. The van der Waals surface area contributed by atoms with Gasteiger partial charge in [0.15, 0.2) is 0 Å². The van der Waals surface area contributed by atoms with Crippen molar-refractivity contribution < 1.29 is 14.7 Å². The van der Waals surface area contributed by atoms with Crippen LogP contribution in [0.5, 0.6) is 0 Å². The fourth-order valence-electron chi connectivity index (χ4n) is 3.52. The van der Waals surface area contributed by atoms with Crippen LogP contribution in [0.15, 0.2) is 18.3 Å². The van der Waals surface area contributed by atoms with Gasteiger partial charge in [-0.25, -0.2) is 4.98 Å². The Labute approximate surface area is 148 Å². The van der Waals surface area contributed by atoms with Crippen molar-refractivity contribution in [3.05, 3.63) is 23.9 Å². The molecule has 1 atom stereocenters. The molecule has 0 aromatic carbocycles. The molecule has 0 bridgehead atoms. The van der Waals surface area contributed by atoms with Crippen LogP contribution in [0.4, 0.5) is 5.82 Å². The fourth-order valence-corrected chi connectivity index (χ4v) is 3.52. The van der Waals surface area contributed by atoms with E-state index in [1.807, 2.05) is 24.8 Å². The molecule has 2 aliphatic rings. The van der Waals surface area contributed by atoms with Crippen molar-refractivity contribution in [2.75, 3.05) is 31.1 Å². The number of carbonyl (C=O) groups is 2. The van der Waals surface area contributed by atoms with E-state index in [0.29, 0.717) is 44.1 Å². The van der Waals surface area contributed by atoms with Gasteiger partial charge < -0.3 is 14.9 Å². The molecule has 1 N–H and O–H groups in total. The highest BCUT2D eigenvalue weighted by Gasteiger charge is 2.29. The molecule has 2 aliphatic heterocycles. The van der Waals surface area contributed by atoms with Crippen molar-refractivity contribution in [2.45, 2.75) is 39.2 Å². The molecular weight excluding hydrogens is 318 g/mol. The van der Waals surface area contributed by atoms with Gasteiger partial charge in [-0.2, -0.15) is 0 Å². The van der Waals surface area contributed by atoms with E-state index in [0.717, 1.165) is 18.7 Å². The van der Waals surface area contributed by atoms with Crippen molar-refractivity contribution in [1.29, 1.82) is 0 Å². The zero-order valence-electron chi connectivity index (χ0n) is 15.0. The summed E-state index contributed by atoms with van der Waals surface area (Å²) < 4.78 is 0. The minimum absolute atomic E-state index is 0.0325. The maximum absolute atomic E-state index is 12.7. The number of carbonyl (C=O) groups excluding carboxylic acids is 2. The first kappa shape index (κ1) is 17.9. The molecule has 2 fully saturated rings. The lowest BCUT2D eigenvalue weighted by Crippen LogP contribution is -2.51. The number of nitrogens with zero attached hydrogens (tertiary/aromatic N) is 3. The maximum Gasteiger partial charge on any atom is 0.255 e. The number of rotatable bonds is 5. The second-order valence-corrected chi connectivity index (χ2v) is 7.62. The number of hydrogen-bond donors (Lipinski definition) is 1. The van der Waals surface area contributed by atoms with Gasteiger partial charge in [-0.1, -0.05) is 13.8 Å². The van der Waals surface area contributed by atoms with Crippen molar-refractivity contribution in [1.82, 2.24) is 9.88 Å². The topological polar surface area (TPSA) is 73.7 Å². The number of likely N-dealkylation sites (tertiary alicyclic amines) is 1. The summed E-state index contributed by atoms with van der Waals surface area (Å²) in [5.41, 5.74) is 0.557. The highest BCUT2D eigenvalue weighted by molar-refractivity contribution is 5.94. The molecule has 136 valence electrons. The highest BCUT2D eigenvalue weighted by atomic mass is 16.3. The number of β-amino-alcohol motifs (C(OH)–C–C–N with tert-alkyl or cyclic N) is 1. The first-order chi connectivity index (χ1) is 11.9. The van der Waals surface area contributed by atoms with Crippen LogP contribution in [0.3, 0.4) is 0 Å². The second kappa shape index (κ2) is 7.52. The quantitative estimate of drug-likeness (QED) is 0.880. The van der Waals surface area contributed by atoms with Gasteiger partial charge in [-0.05, 0) is 30.9 Å². The molecule has 3 heterocycles. The Bertz CT molecular complexity index is 623. The van der Waals surface area contributed by atoms with Crippen LogP contribution in [0.25, 0.3) is 0 Å². The van der Waals surface area contributed by atoms with Crippen LogP contribution >= 0.6 is 0 Å². The summed E-state index contributed by atoms with van der Waals surface area (Å²) in [7, 11) is 0. The van der Waals surface area contributed by atoms with Gasteiger partial charge in [-0.3, -0.25) is 9.59 Å². The number of anilines is 1. The van der Waals surface area contributed by atoms with E-state index in [2.05, 4.69) is 4.98 Å². The van der Waals surface area contributed by atoms with E-state index in [1.54, 1.807) is 17.2 Å². The van der Waals surface area contributed by atoms with Crippen molar-refractivity contribution in [3.63, 3.8) is 0 Å². The molecule has 1 unspecified atom stereocenters. The fraction of sp³-hybridized carbons (Fsp3) is 0.632. The van der Waals surface area contributed by atoms with Crippen LogP contribution in [0.2, 0.25) is 0 Å². The van der Waals surface area contributed by atoms with Crippen molar-refractivity contribution in [2.24, 2.45) is 11.8 Å². The number of aliphatic hydroxyl groups is 1. The number of aromatic nitrogens is 1. The van der Waals surface area contributed by atoms with Crippen LogP contribution < -0.4 is 4.90 Å². The molecule has 1 aromatic heterocycles.